The van der Waals surface area contributed by atoms with E-state index in [0.717, 1.165) is 28.9 Å². The summed E-state index contributed by atoms with van der Waals surface area (Å²) in [4.78, 5) is 12.2. The number of benzene rings is 1. The summed E-state index contributed by atoms with van der Waals surface area (Å²) >= 11 is 0. The summed E-state index contributed by atoms with van der Waals surface area (Å²) in [6.07, 6.45) is 3.80. The second-order valence-corrected chi connectivity index (χ2v) is 4.42. The van der Waals surface area contributed by atoms with Crippen LogP contribution < -0.4 is 0 Å². The summed E-state index contributed by atoms with van der Waals surface area (Å²) in [5.41, 5.74) is 5.67. The number of aliphatic imine (C=N–C) groups is 1. The maximum absolute atomic E-state index is 4.67. The number of rotatable bonds is 1. The number of nitrogens with one attached hydrogen (secondary N) is 1. The van der Waals surface area contributed by atoms with Crippen molar-refractivity contribution < 1.29 is 0 Å². The van der Waals surface area contributed by atoms with Gasteiger partial charge < -0.3 is 4.98 Å². The quantitative estimate of drug-likeness (QED) is 0.689. The van der Waals surface area contributed by atoms with Crippen LogP contribution in [0.15, 0.2) is 53.8 Å². The van der Waals surface area contributed by atoms with Crippen molar-refractivity contribution in [2.24, 2.45) is 4.99 Å². The van der Waals surface area contributed by atoms with Gasteiger partial charge >= 0.3 is 0 Å². The van der Waals surface area contributed by atoms with Crippen LogP contribution >= 0.6 is 0 Å². The van der Waals surface area contributed by atoms with Crippen LogP contribution in [0.25, 0.3) is 11.0 Å². The van der Waals surface area contributed by atoms with Gasteiger partial charge in [0, 0.05) is 28.9 Å². The third-order valence-corrected chi connectivity index (χ3v) is 3.39. The second kappa shape index (κ2) is 3.53. The Bertz CT molecular complexity index is 768. The van der Waals surface area contributed by atoms with Gasteiger partial charge in [0.1, 0.15) is 5.65 Å². The number of aromatic nitrogens is 2. The van der Waals surface area contributed by atoms with Crippen LogP contribution in [0.3, 0.4) is 0 Å². The van der Waals surface area contributed by atoms with Crippen molar-refractivity contribution in [2.45, 2.75) is 6.54 Å². The lowest BCUT2D eigenvalue weighted by molar-refractivity contribution is 1.11. The predicted octanol–water partition coefficient (Wildman–Crippen LogP) is 2.91. The zero-order chi connectivity index (χ0) is 11.9. The summed E-state index contributed by atoms with van der Waals surface area (Å²) in [5, 5.41) is 1.13. The van der Waals surface area contributed by atoms with E-state index in [1.807, 2.05) is 12.3 Å². The van der Waals surface area contributed by atoms with E-state index in [-0.39, 0.29) is 0 Å². The van der Waals surface area contributed by atoms with E-state index in [1.165, 1.54) is 11.1 Å². The lowest BCUT2D eigenvalue weighted by atomic mass is 10.0. The van der Waals surface area contributed by atoms with Gasteiger partial charge in [-0.2, -0.15) is 0 Å². The van der Waals surface area contributed by atoms with Gasteiger partial charge in [0.2, 0.25) is 0 Å². The predicted molar refractivity (Wildman–Crippen MR) is 71.9 cm³/mol. The first-order valence-electron chi connectivity index (χ1n) is 5.99. The molecule has 0 amide bonds. The topological polar surface area (TPSA) is 41.0 Å². The molecule has 0 atom stereocenters. The van der Waals surface area contributed by atoms with Crippen molar-refractivity contribution in [2.75, 3.05) is 0 Å². The number of pyridine rings is 1. The van der Waals surface area contributed by atoms with E-state index in [9.17, 15) is 0 Å². The second-order valence-electron chi connectivity index (χ2n) is 4.42. The third-order valence-electron chi connectivity index (χ3n) is 3.39. The van der Waals surface area contributed by atoms with E-state index in [2.05, 4.69) is 45.3 Å². The van der Waals surface area contributed by atoms with E-state index < -0.39 is 0 Å². The van der Waals surface area contributed by atoms with Gasteiger partial charge in [-0.05, 0) is 17.7 Å². The Balaban J connectivity index is 1.95. The molecule has 0 bridgehead atoms. The molecule has 0 radical (unpaired) electrons. The van der Waals surface area contributed by atoms with Gasteiger partial charge in [-0.15, -0.1) is 0 Å². The van der Waals surface area contributed by atoms with Gasteiger partial charge in [0.05, 0.1) is 12.3 Å². The van der Waals surface area contributed by atoms with Gasteiger partial charge in [0.15, 0.2) is 0 Å². The molecule has 3 nitrogen and oxygen atoms in total. The van der Waals surface area contributed by atoms with Gasteiger partial charge in [-0.1, -0.05) is 24.3 Å². The Labute approximate surface area is 104 Å². The molecule has 18 heavy (non-hydrogen) atoms. The van der Waals surface area contributed by atoms with Crippen molar-refractivity contribution in [3.05, 3.63) is 65.5 Å². The minimum absolute atomic E-state index is 0.776. The molecule has 3 heterocycles. The smallest absolute Gasteiger partial charge is 0.137 e. The van der Waals surface area contributed by atoms with Crippen LogP contribution in [0.5, 0.6) is 0 Å². The molecule has 1 aromatic carbocycles. The van der Waals surface area contributed by atoms with Gasteiger partial charge in [-0.3, -0.25) is 4.99 Å². The van der Waals surface area contributed by atoms with Crippen molar-refractivity contribution in [1.82, 2.24) is 9.97 Å². The van der Waals surface area contributed by atoms with Crippen LogP contribution in [0.1, 0.15) is 16.7 Å². The molecule has 0 unspecified atom stereocenters. The largest absolute Gasteiger partial charge is 0.345 e. The summed E-state index contributed by atoms with van der Waals surface area (Å²) < 4.78 is 0. The van der Waals surface area contributed by atoms with Crippen molar-refractivity contribution in [1.29, 1.82) is 0 Å². The fourth-order valence-corrected chi connectivity index (χ4v) is 2.52. The molecular weight excluding hydrogens is 222 g/mol. The molecule has 2 aromatic heterocycles. The Morgan fingerprint density at radius 2 is 1.94 bits per heavy atom. The number of H-pyrrole nitrogens is 1. The van der Waals surface area contributed by atoms with Gasteiger partial charge in [-0.25, -0.2) is 4.98 Å². The number of aromatic amines is 1. The average Bonchev–Trinajstić information content (AvgIpc) is 3.01. The number of nitrogens with zero attached hydrogens (tertiary/aromatic N) is 2. The fourth-order valence-electron chi connectivity index (χ4n) is 2.52. The highest BCUT2D eigenvalue weighted by atomic mass is 14.8. The van der Waals surface area contributed by atoms with Crippen LogP contribution in [0.4, 0.5) is 0 Å². The first kappa shape index (κ1) is 9.59. The molecule has 3 aromatic rings. The number of hydrogen-bond donors (Lipinski definition) is 1. The highest BCUT2D eigenvalue weighted by molar-refractivity contribution is 6.20. The Morgan fingerprint density at radius 1 is 1.00 bits per heavy atom. The third kappa shape index (κ3) is 1.24. The zero-order valence-electron chi connectivity index (χ0n) is 9.72. The molecule has 1 aliphatic heterocycles. The highest BCUT2D eigenvalue weighted by Crippen LogP contribution is 2.26. The average molecular weight is 233 g/mol. The molecule has 4 rings (SSSR count). The molecule has 0 saturated heterocycles. The lowest BCUT2D eigenvalue weighted by Gasteiger charge is -2.01. The fraction of sp³-hybridized carbons (Fsp3) is 0.0667. The molecular formula is C15H11N3. The first-order valence-corrected chi connectivity index (χ1v) is 5.99. The molecule has 86 valence electrons. The van der Waals surface area contributed by atoms with Crippen LogP contribution in [0, 0.1) is 0 Å². The Kier molecular flexibility index (Phi) is 1.88. The first-order chi connectivity index (χ1) is 8.93. The van der Waals surface area contributed by atoms with Crippen LogP contribution in [-0.2, 0) is 6.54 Å². The van der Waals surface area contributed by atoms with Crippen molar-refractivity contribution in [3.63, 3.8) is 0 Å². The van der Waals surface area contributed by atoms with E-state index in [1.54, 1.807) is 6.20 Å². The van der Waals surface area contributed by atoms with Crippen molar-refractivity contribution in [3.8, 4) is 0 Å². The van der Waals surface area contributed by atoms with Crippen LogP contribution in [0.2, 0.25) is 0 Å². The maximum atomic E-state index is 4.67. The Morgan fingerprint density at radius 3 is 2.94 bits per heavy atom. The minimum Gasteiger partial charge on any atom is -0.345 e. The zero-order valence-corrected chi connectivity index (χ0v) is 9.72. The summed E-state index contributed by atoms with van der Waals surface area (Å²) in [6.45, 7) is 0.776. The Hall–Kier alpha value is -2.42. The van der Waals surface area contributed by atoms with E-state index in [4.69, 9.17) is 0 Å². The normalized spacial score (nSPS) is 13.7. The molecule has 0 aliphatic carbocycles. The van der Waals surface area contributed by atoms with Crippen molar-refractivity contribution >= 4 is 16.7 Å². The molecule has 0 fully saturated rings. The number of fused-ring (bicyclic) bond motifs is 2. The van der Waals surface area contributed by atoms with Crippen LogP contribution in [-0.4, -0.2) is 15.7 Å². The highest BCUT2D eigenvalue weighted by Gasteiger charge is 2.19. The summed E-state index contributed by atoms with van der Waals surface area (Å²) in [5.74, 6) is 0. The summed E-state index contributed by atoms with van der Waals surface area (Å²) in [6, 6.07) is 12.4. The molecule has 1 N–H and O–H groups in total. The molecule has 0 spiro atoms. The van der Waals surface area contributed by atoms with E-state index >= 15 is 0 Å². The SMILES string of the molecule is c1ccc2c(c1)CN=C2c1c[nH]c2ncccc12. The number of hydrogen-bond acceptors (Lipinski definition) is 2. The molecule has 3 heteroatoms. The molecule has 1 aliphatic rings. The monoisotopic (exact) mass is 233 g/mol. The lowest BCUT2D eigenvalue weighted by Crippen LogP contribution is -1.99. The standard InChI is InChI=1S/C15H11N3/c1-2-5-11-10(4-1)8-17-14(11)13-9-18-15-12(13)6-3-7-16-15/h1-7,9H,8H2,(H,16,18). The van der Waals surface area contributed by atoms with Gasteiger partial charge in [0.25, 0.3) is 0 Å². The van der Waals surface area contributed by atoms with E-state index in [0.29, 0.717) is 0 Å². The molecule has 0 saturated carbocycles. The minimum atomic E-state index is 0.776. The maximum Gasteiger partial charge on any atom is 0.137 e. The summed E-state index contributed by atoms with van der Waals surface area (Å²) in [7, 11) is 0.